The molecule has 1 aliphatic heterocycles. The first-order valence-electron chi connectivity index (χ1n) is 5.55. The van der Waals surface area contributed by atoms with Crippen molar-refractivity contribution in [3.63, 3.8) is 0 Å². The van der Waals surface area contributed by atoms with Crippen LogP contribution in [0.4, 0.5) is 0 Å². The van der Waals surface area contributed by atoms with E-state index in [1.807, 2.05) is 12.1 Å². The van der Waals surface area contributed by atoms with Crippen LogP contribution in [-0.2, 0) is 6.42 Å². The number of benzene rings is 1. The molecule has 0 amide bonds. The van der Waals surface area contributed by atoms with Gasteiger partial charge in [-0.15, -0.1) is 0 Å². The van der Waals surface area contributed by atoms with Crippen LogP contribution in [0.1, 0.15) is 24.1 Å². The van der Waals surface area contributed by atoms with E-state index in [-0.39, 0.29) is 12.6 Å². The van der Waals surface area contributed by atoms with Crippen molar-refractivity contribution in [2.24, 2.45) is 5.73 Å². The van der Waals surface area contributed by atoms with Crippen LogP contribution in [0.5, 0.6) is 11.5 Å². The predicted molar refractivity (Wildman–Crippen MR) is 60.8 cm³/mol. The second kappa shape index (κ2) is 4.72. The van der Waals surface area contributed by atoms with Crippen molar-refractivity contribution < 1.29 is 14.6 Å². The van der Waals surface area contributed by atoms with Crippen LogP contribution in [0.2, 0.25) is 0 Å². The van der Waals surface area contributed by atoms with Crippen LogP contribution in [0.25, 0.3) is 0 Å². The number of aryl methyl sites for hydroxylation is 1. The van der Waals surface area contributed by atoms with E-state index in [1.165, 1.54) is 0 Å². The largest absolute Gasteiger partial charge is 0.486 e. The summed E-state index contributed by atoms with van der Waals surface area (Å²) in [6.07, 6.45) is 0.861. The van der Waals surface area contributed by atoms with Gasteiger partial charge in [-0.25, -0.2) is 0 Å². The van der Waals surface area contributed by atoms with Crippen molar-refractivity contribution >= 4 is 0 Å². The zero-order valence-electron chi connectivity index (χ0n) is 9.40. The Morgan fingerprint density at radius 3 is 2.50 bits per heavy atom. The van der Waals surface area contributed by atoms with Crippen LogP contribution in [0, 0.1) is 0 Å². The second-order valence-electron chi connectivity index (χ2n) is 3.84. The zero-order valence-corrected chi connectivity index (χ0v) is 9.40. The lowest BCUT2D eigenvalue weighted by Crippen LogP contribution is -2.19. The lowest BCUT2D eigenvalue weighted by Gasteiger charge is -2.22. The molecule has 1 atom stereocenters. The van der Waals surface area contributed by atoms with Gasteiger partial charge in [0, 0.05) is 0 Å². The number of nitrogens with two attached hydrogens (primary N) is 1. The van der Waals surface area contributed by atoms with Crippen LogP contribution >= 0.6 is 0 Å². The maximum Gasteiger partial charge on any atom is 0.161 e. The Hall–Kier alpha value is -1.26. The van der Waals surface area contributed by atoms with Gasteiger partial charge in [0.2, 0.25) is 0 Å². The van der Waals surface area contributed by atoms with Gasteiger partial charge in [0.25, 0.3) is 0 Å². The molecule has 0 saturated heterocycles. The smallest absolute Gasteiger partial charge is 0.161 e. The highest BCUT2D eigenvalue weighted by Crippen LogP contribution is 2.35. The Labute approximate surface area is 95.0 Å². The molecule has 1 aromatic rings. The average molecular weight is 223 g/mol. The van der Waals surface area contributed by atoms with E-state index in [9.17, 15) is 0 Å². The van der Waals surface area contributed by atoms with Crippen LogP contribution < -0.4 is 15.2 Å². The van der Waals surface area contributed by atoms with E-state index in [1.54, 1.807) is 0 Å². The number of aliphatic hydroxyl groups excluding tert-OH is 1. The van der Waals surface area contributed by atoms with Crippen molar-refractivity contribution in [1.29, 1.82) is 0 Å². The molecule has 1 heterocycles. The van der Waals surface area contributed by atoms with Crippen LogP contribution in [0.15, 0.2) is 12.1 Å². The Morgan fingerprint density at radius 2 is 1.94 bits per heavy atom. The number of ether oxygens (including phenoxy) is 2. The van der Waals surface area contributed by atoms with Crippen LogP contribution in [-0.4, -0.2) is 24.9 Å². The molecule has 2 rings (SSSR count). The van der Waals surface area contributed by atoms with Crippen molar-refractivity contribution in [3.05, 3.63) is 23.3 Å². The molecular weight excluding hydrogens is 206 g/mol. The molecule has 4 nitrogen and oxygen atoms in total. The van der Waals surface area contributed by atoms with Crippen molar-refractivity contribution in [3.8, 4) is 11.5 Å². The van der Waals surface area contributed by atoms with E-state index in [4.69, 9.17) is 20.3 Å². The van der Waals surface area contributed by atoms with Gasteiger partial charge in [0.1, 0.15) is 13.2 Å². The summed E-state index contributed by atoms with van der Waals surface area (Å²) in [5, 5.41) is 9.12. The predicted octanol–water partition coefficient (Wildman–Crippen LogP) is 1.01. The van der Waals surface area contributed by atoms with E-state index in [0.29, 0.717) is 13.2 Å². The van der Waals surface area contributed by atoms with E-state index < -0.39 is 0 Å². The SMILES string of the molecule is CCc1cc2c(cc1C(N)CO)OCCO2. The van der Waals surface area contributed by atoms with Gasteiger partial charge in [0.05, 0.1) is 12.6 Å². The maximum absolute atomic E-state index is 9.12. The molecule has 0 radical (unpaired) electrons. The normalized spacial score (nSPS) is 15.9. The summed E-state index contributed by atoms with van der Waals surface area (Å²) in [5.74, 6) is 1.50. The van der Waals surface area contributed by atoms with E-state index >= 15 is 0 Å². The molecule has 0 aliphatic carbocycles. The fourth-order valence-corrected chi connectivity index (χ4v) is 1.90. The number of rotatable bonds is 3. The molecule has 1 aromatic carbocycles. The molecule has 0 bridgehead atoms. The summed E-state index contributed by atoms with van der Waals surface area (Å²) in [5.41, 5.74) is 7.90. The molecule has 88 valence electrons. The molecule has 0 spiro atoms. The zero-order chi connectivity index (χ0) is 11.5. The van der Waals surface area contributed by atoms with Gasteiger partial charge >= 0.3 is 0 Å². The molecule has 0 saturated carbocycles. The van der Waals surface area contributed by atoms with E-state index in [2.05, 4.69) is 6.92 Å². The van der Waals surface area contributed by atoms with Crippen molar-refractivity contribution in [1.82, 2.24) is 0 Å². The Kier molecular flexibility index (Phi) is 3.31. The highest BCUT2D eigenvalue weighted by atomic mass is 16.6. The Bertz CT molecular complexity index is 379. The van der Waals surface area contributed by atoms with Gasteiger partial charge in [-0.2, -0.15) is 0 Å². The molecule has 3 N–H and O–H groups in total. The first-order valence-corrected chi connectivity index (χ1v) is 5.55. The van der Waals surface area contributed by atoms with Crippen molar-refractivity contribution in [2.75, 3.05) is 19.8 Å². The number of fused-ring (bicyclic) bond motifs is 1. The highest BCUT2D eigenvalue weighted by Gasteiger charge is 2.17. The van der Waals surface area contributed by atoms with Gasteiger partial charge in [-0.1, -0.05) is 6.92 Å². The summed E-state index contributed by atoms with van der Waals surface area (Å²) in [6.45, 7) is 3.14. The Morgan fingerprint density at radius 1 is 1.31 bits per heavy atom. The monoisotopic (exact) mass is 223 g/mol. The molecular formula is C12H17NO3. The first-order chi connectivity index (χ1) is 7.76. The number of hydrogen-bond acceptors (Lipinski definition) is 4. The first kappa shape index (κ1) is 11.2. The van der Waals surface area contributed by atoms with Gasteiger partial charge in [-0.3, -0.25) is 0 Å². The Balaban J connectivity index is 2.43. The third kappa shape index (κ3) is 1.99. The summed E-state index contributed by atoms with van der Waals surface area (Å²) in [6, 6.07) is 3.49. The second-order valence-corrected chi connectivity index (χ2v) is 3.84. The molecule has 1 unspecified atom stereocenters. The van der Waals surface area contributed by atoms with Gasteiger partial charge in [-0.05, 0) is 29.7 Å². The van der Waals surface area contributed by atoms with E-state index in [0.717, 1.165) is 29.0 Å². The lowest BCUT2D eigenvalue weighted by atomic mass is 9.98. The van der Waals surface area contributed by atoms with Crippen LogP contribution in [0.3, 0.4) is 0 Å². The minimum absolute atomic E-state index is 0.0629. The fourth-order valence-electron chi connectivity index (χ4n) is 1.90. The molecule has 16 heavy (non-hydrogen) atoms. The quantitative estimate of drug-likeness (QED) is 0.802. The summed E-state index contributed by atoms with van der Waals surface area (Å²) in [4.78, 5) is 0. The van der Waals surface area contributed by atoms with Gasteiger partial charge < -0.3 is 20.3 Å². The average Bonchev–Trinajstić information content (AvgIpc) is 2.36. The molecule has 0 fully saturated rings. The minimum atomic E-state index is -0.356. The molecule has 0 aromatic heterocycles. The highest BCUT2D eigenvalue weighted by molar-refractivity contribution is 5.49. The standard InChI is InChI=1S/C12H17NO3/c1-2-8-5-11-12(16-4-3-15-11)6-9(8)10(13)7-14/h5-6,10,14H,2-4,7,13H2,1H3. The third-order valence-electron chi connectivity index (χ3n) is 2.78. The van der Waals surface area contributed by atoms with Gasteiger partial charge in [0.15, 0.2) is 11.5 Å². The number of aliphatic hydroxyl groups is 1. The topological polar surface area (TPSA) is 64.7 Å². The summed E-state index contributed by atoms with van der Waals surface area (Å²) in [7, 11) is 0. The molecule has 4 heteroatoms. The number of hydrogen-bond donors (Lipinski definition) is 2. The minimum Gasteiger partial charge on any atom is -0.486 e. The summed E-state index contributed by atoms with van der Waals surface area (Å²) < 4.78 is 11.0. The lowest BCUT2D eigenvalue weighted by molar-refractivity contribution is 0.171. The fraction of sp³-hybridized carbons (Fsp3) is 0.500. The van der Waals surface area contributed by atoms with Crippen molar-refractivity contribution in [2.45, 2.75) is 19.4 Å². The maximum atomic E-state index is 9.12. The molecule has 1 aliphatic rings. The third-order valence-corrected chi connectivity index (χ3v) is 2.78. The summed E-state index contributed by atoms with van der Waals surface area (Å²) >= 11 is 0.